The number of aromatic nitrogens is 2. The molecule has 0 spiro atoms. The Labute approximate surface area is 107 Å². The smallest absolute Gasteiger partial charge is 0.242 e. The molecular weight excluding hydrogens is 232 g/mol. The molecule has 2 rings (SSSR count). The highest BCUT2D eigenvalue weighted by atomic mass is 16.5. The fraction of sp³-hybridized carbons (Fsp3) is 0.667. The standard InChI is InChI=1S/C12H20N4O2/c1-16(5-6-18-7-9-3-4-9)11-10(13)12(17-2)15-8-14-11/h8-9H,3-7,13H2,1-2H3. The quantitative estimate of drug-likeness (QED) is 0.728. The minimum Gasteiger partial charge on any atom is -0.479 e. The van der Waals surface area contributed by atoms with Crippen LogP contribution in [0.1, 0.15) is 12.8 Å². The Morgan fingerprint density at radius 2 is 2.22 bits per heavy atom. The highest BCUT2D eigenvalue weighted by Gasteiger charge is 2.21. The van der Waals surface area contributed by atoms with Crippen LogP contribution in [0.2, 0.25) is 0 Å². The molecule has 0 saturated heterocycles. The lowest BCUT2D eigenvalue weighted by Crippen LogP contribution is -2.25. The summed E-state index contributed by atoms with van der Waals surface area (Å²) in [6, 6.07) is 0. The number of methoxy groups -OCH3 is 1. The summed E-state index contributed by atoms with van der Waals surface area (Å²) in [5, 5.41) is 0. The molecule has 6 nitrogen and oxygen atoms in total. The molecular formula is C12H20N4O2. The fourth-order valence-corrected chi connectivity index (χ4v) is 1.68. The van der Waals surface area contributed by atoms with Gasteiger partial charge in [-0.1, -0.05) is 0 Å². The van der Waals surface area contributed by atoms with Crippen molar-refractivity contribution in [2.45, 2.75) is 12.8 Å². The molecule has 6 heteroatoms. The van der Waals surface area contributed by atoms with Gasteiger partial charge < -0.3 is 20.1 Å². The third-order valence-electron chi connectivity index (χ3n) is 3.00. The molecule has 1 fully saturated rings. The molecule has 2 N–H and O–H groups in total. The first-order chi connectivity index (χ1) is 8.72. The van der Waals surface area contributed by atoms with Crippen LogP contribution in [0.15, 0.2) is 6.33 Å². The van der Waals surface area contributed by atoms with Crippen LogP contribution in [0.5, 0.6) is 5.88 Å². The van der Waals surface area contributed by atoms with Gasteiger partial charge >= 0.3 is 0 Å². The van der Waals surface area contributed by atoms with E-state index in [4.69, 9.17) is 15.2 Å². The second kappa shape index (κ2) is 5.86. The van der Waals surface area contributed by atoms with Crippen molar-refractivity contribution in [3.63, 3.8) is 0 Å². The van der Waals surface area contributed by atoms with Crippen molar-refractivity contribution in [1.82, 2.24) is 9.97 Å². The summed E-state index contributed by atoms with van der Waals surface area (Å²) in [7, 11) is 3.47. The van der Waals surface area contributed by atoms with E-state index in [9.17, 15) is 0 Å². The summed E-state index contributed by atoms with van der Waals surface area (Å²) in [6.07, 6.45) is 4.07. The topological polar surface area (TPSA) is 73.5 Å². The maximum Gasteiger partial charge on any atom is 0.242 e. The van der Waals surface area contributed by atoms with E-state index in [2.05, 4.69) is 9.97 Å². The summed E-state index contributed by atoms with van der Waals surface area (Å²) in [5.74, 6) is 1.88. The van der Waals surface area contributed by atoms with Crippen molar-refractivity contribution < 1.29 is 9.47 Å². The number of nitrogens with two attached hydrogens (primary N) is 1. The molecule has 0 radical (unpaired) electrons. The van der Waals surface area contributed by atoms with Crippen LogP contribution in [0.4, 0.5) is 11.5 Å². The van der Waals surface area contributed by atoms with Crippen LogP contribution >= 0.6 is 0 Å². The van der Waals surface area contributed by atoms with Gasteiger partial charge in [-0.3, -0.25) is 0 Å². The van der Waals surface area contributed by atoms with Crippen molar-refractivity contribution in [3.8, 4) is 5.88 Å². The molecule has 1 aliphatic rings. The van der Waals surface area contributed by atoms with E-state index in [1.807, 2.05) is 11.9 Å². The van der Waals surface area contributed by atoms with Crippen molar-refractivity contribution in [2.75, 3.05) is 44.5 Å². The van der Waals surface area contributed by atoms with E-state index in [0.29, 0.717) is 24.0 Å². The number of likely N-dealkylation sites (N-methyl/N-ethyl adjacent to an activating group) is 1. The molecule has 18 heavy (non-hydrogen) atoms. The van der Waals surface area contributed by atoms with E-state index in [0.717, 1.165) is 19.1 Å². The van der Waals surface area contributed by atoms with Crippen molar-refractivity contribution in [2.24, 2.45) is 5.92 Å². The second-order valence-corrected chi connectivity index (χ2v) is 4.56. The minimum absolute atomic E-state index is 0.408. The highest BCUT2D eigenvalue weighted by molar-refractivity contribution is 5.67. The maximum atomic E-state index is 5.92. The molecule has 1 aliphatic carbocycles. The number of hydrogen-bond donors (Lipinski definition) is 1. The third-order valence-corrected chi connectivity index (χ3v) is 3.00. The van der Waals surface area contributed by atoms with Gasteiger partial charge in [0.1, 0.15) is 12.0 Å². The number of ether oxygens (including phenoxy) is 2. The molecule has 1 saturated carbocycles. The van der Waals surface area contributed by atoms with Gasteiger partial charge in [-0.05, 0) is 18.8 Å². The number of anilines is 2. The molecule has 1 aromatic heterocycles. The van der Waals surface area contributed by atoms with E-state index in [1.54, 1.807) is 7.11 Å². The van der Waals surface area contributed by atoms with Gasteiger partial charge in [-0.25, -0.2) is 4.98 Å². The highest BCUT2D eigenvalue weighted by Crippen LogP contribution is 2.29. The summed E-state index contributed by atoms with van der Waals surface area (Å²) in [6.45, 7) is 2.30. The van der Waals surface area contributed by atoms with Crippen LogP contribution in [0.25, 0.3) is 0 Å². The predicted octanol–water partition coefficient (Wildman–Crippen LogP) is 0.930. The SMILES string of the molecule is COc1ncnc(N(C)CCOCC2CC2)c1N. The number of rotatable bonds is 7. The van der Waals surface area contributed by atoms with Crippen LogP contribution in [-0.4, -0.2) is 43.9 Å². The monoisotopic (exact) mass is 252 g/mol. The lowest BCUT2D eigenvalue weighted by molar-refractivity contribution is 0.131. The Balaban J connectivity index is 1.84. The lowest BCUT2D eigenvalue weighted by Gasteiger charge is -2.20. The number of hydrogen-bond acceptors (Lipinski definition) is 6. The van der Waals surface area contributed by atoms with E-state index in [-0.39, 0.29) is 0 Å². The average molecular weight is 252 g/mol. The zero-order valence-electron chi connectivity index (χ0n) is 10.9. The van der Waals surface area contributed by atoms with Crippen LogP contribution in [0, 0.1) is 5.92 Å². The van der Waals surface area contributed by atoms with Gasteiger partial charge in [0.05, 0.1) is 13.7 Å². The summed E-state index contributed by atoms with van der Waals surface area (Å²) < 4.78 is 10.7. The van der Waals surface area contributed by atoms with Crippen molar-refractivity contribution in [3.05, 3.63) is 6.33 Å². The van der Waals surface area contributed by atoms with Gasteiger partial charge in [-0.2, -0.15) is 4.98 Å². The molecule has 0 aliphatic heterocycles. The second-order valence-electron chi connectivity index (χ2n) is 4.56. The molecule has 0 amide bonds. The number of nitrogens with zero attached hydrogens (tertiary/aromatic N) is 3. The largest absolute Gasteiger partial charge is 0.479 e. The van der Waals surface area contributed by atoms with Gasteiger partial charge in [0.2, 0.25) is 5.88 Å². The van der Waals surface area contributed by atoms with E-state index < -0.39 is 0 Å². The van der Waals surface area contributed by atoms with Crippen molar-refractivity contribution in [1.29, 1.82) is 0 Å². The maximum absolute atomic E-state index is 5.92. The van der Waals surface area contributed by atoms with Crippen LogP contribution < -0.4 is 15.4 Å². The summed E-state index contributed by atoms with van der Waals surface area (Å²) in [5.41, 5.74) is 6.39. The Kier molecular flexibility index (Phi) is 4.19. The summed E-state index contributed by atoms with van der Waals surface area (Å²) in [4.78, 5) is 10.1. The molecule has 0 bridgehead atoms. The van der Waals surface area contributed by atoms with Crippen molar-refractivity contribution >= 4 is 11.5 Å². The van der Waals surface area contributed by atoms with Gasteiger partial charge in [0.25, 0.3) is 0 Å². The third kappa shape index (κ3) is 3.22. The fourth-order valence-electron chi connectivity index (χ4n) is 1.68. The van der Waals surface area contributed by atoms with Gasteiger partial charge in [0.15, 0.2) is 5.82 Å². The molecule has 0 atom stereocenters. The molecule has 0 unspecified atom stereocenters. The van der Waals surface area contributed by atoms with Crippen LogP contribution in [-0.2, 0) is 4.74 Å². The molecule has 1 heterocycles. The van der Waals surface area contributed by atoms with E-state index >= 15 is 0 Å². The Morgan fingerprint density at radius 1 is 1.44 bits per heavy atom. The zero-order chi connectivity index (χ0) is 13.0. The number of nitrogen functional groups attached to an aromatic ring is 1. The predicted molar refractivity (Wildman–Crippen MR) is 69.8 cm³/mol. The molecule has 100 valence electrons. The molecule has 1 aromatic rings. The lowest BCUT2D eigenvalue weighted by atomic mass is 10.4. The first kappa shape index (κ1) is 12.9. The first-order valence-electron chi connectivity index (χ1n) is 6.15. The first-order valence-corrected chi connectivity index (χ1v) is 6.15. The van der Waals surface area contributed by atoms with Crippen LogP contribution in [0.3, 0.4) is 0 Å². The van der Waals surface area contributed by atoms with Gasteiger partial charge in [-0.15, -0.1) is 0 Å². The molecule has 0 aromatic carbocycles. The zero-order valence-corrected chi connectivity index (χ0v) is 10.9. The Hall–Kier alpha value is -1.56. The Morgan fingerprint density at radius 3 is 2.89 bits per heavy atom. The average Bonchev–Trinajstić information content (AvgIpc) is 3.18. The summed E-state index contributed by atoms with van der Waals surface area (Å²) >= 11 is 0. The van der Waals surface area contributed by atoms with E-state index in [1.165, 1.54) is 19.2 Å². The Bertz CT molecular complexity index is 396. The minimum atomic E-state index is 0.408. The normalized spacial score (nSPS) is 14.6. The van der Waals surface area contributed by atoms with Gasteiger partial charge in [0, 0.05) is 20.2 Å².